The molecule has 0 bridgehead atoms. The Hall–Kier alpha value is -1.93. The fraction of sp³-hybridized carbons (Fsp3) is 0.600. The maximum atomic E-state index is 13.4. The van der Waals surface area contributed by atoms with Crippen molar-refractivity contribution in [1.29, 1.82) is 0 Å². The molecule has 2 fully saturated rings. The molecule has 8 heteroatoms. The molecule has 180 valence electrons. The van der Waals surface area contributed by atoms with Crippen LogP contribution in [0, 0.1) is 5.92 Å². The summed E-state index contributed by atoms with van der Waals surface area (Å²) in [5.41, 5.74) is -0.286. The number of fused-ring (bicyclic) bond motifs is 1. The Morgan fingerprint density at radius 2 is 2.00 bits per heavy atom. The first-order valence-corrected chi connectivity index (χ1v) is 12.3. The summed E-state index contributed by atoms with van der Waals surface area (Å²) in [6.07, 6.45) is 3.30. The first-order valence-electron chi connectivity index (χ1n) is 11.9. The highest BCUT2D eigenvalue weighted by Gasteiger charge is 2.34. The average Bonchev–Trinajstić information content (AvgIpc) is 2.78. The molecule has 0 radical (unpaired) electrons. The van der Waals surface area contributed by atoms with Gasteiger partial charge in [0.1, 0.15) is 5.56 Å². The Labute approximate surface area is 199 Å². The number of aromatic amines is 1. The number of carbonyl (C=O) groups excluding carboxylic acids is 1. The number of piperidine rings is 1. The summed E-state index contributed by atoms with van der Waals surface area (Å²) >= 11 is 6.30. The molecule has 3 heterocycles. The number of pyridine rings is 1. The van der Waals surface area contributed by atoms with Gasteiger partial charge in [-0.25, -0.2) is 0 Å². The lowest BCUT2D eigenvalue weighted by molar-refractivity contribution is -0.0832. The van der Waals surface area contributed by atoms with Crippen LogP contribution in [-0.2, 0) is 4.74 Å². The number of aromatic nitrogens is 1. The van der Waals surface area contributed by atoms with E-state index >= 15 is 0 Å². The van der Waals surface area contributed by atoms with Crippen LogP contribution in [0.4, 0.5) is 0 Å². The second kappa shape index (κ2) is 10.1. The van der Waals surface area contributed by atoms with Crippen LogP contribution in [0.3, 0.4) is 0 Å². The van der Waals surface area contributed by atoms with E-state index in [9.17, 15) is 14.7 Å². The highest BCUT2D eigenvalue weighted by Crippen LogP contribution is 2.27. The summed E-state index contributed by atoms with van der Waals surface area (Å²) in [6.45, 7) is 8.31. The molecule has 2 aliphatic rings. The van der Waals surface area contributed by atoms with Gasteiger partial charge in [0.25, 0.3) is 11.5 Å². The van der Waals surface area contributed by atoms with Gasteiger partial charge in [-0.05, 0) is 63.9 Å². The molecule has 4 rings (SSSR count). The third-order valence-electron chi connectivity index (χ3n) is 7.05. The number of hydrogen-bond acceptors (Lipinski definition) is 5. The Balaban J connectivity index is 1.42. The number of halogens is 1. The molecule has 0 aliphatic carbocycles. The van der Waals surface area contributed by atoms with E-state index in [0.29, 0.717) is 61.0 Å². The molecule has 0 atom stereocenters. The predicted molar refractivity (Wildman–Crippen MR) is 130 cm³/mol. The normalized spacial score (nSPS) is 19.8. The van der Waals surface area contributed by atoms with Gasteiger partial charge in [-0.1, -0.05) is 17.7 Å². The number of likely N-dealkylation sites (tertiary alicyclic amines) is 1. The minimum absolute atomic E-state index is 0.0279. The fourth-order valence-corrected chi connectivity index (χ4v) is 5.19. The van der Waals surface area contributed by atoms with Crippen LogP contribution in [0.2, 0.25) is 5.02 Å². The van der Waals surface area contributed by atoms with Gasteiger partial charge in [0.05, 0.1) is 5.60 Å². The Bertz CT molecular complexity index is 1040. The number of rotatable bonds is 6. The Morgan fingerprint density at radius 1 is 1.30 bits per heavy atom. The molecular weight excluding hydrogens is 442 g/mol. The van der Waals surface area contributed by atoms with Crippen LogP contribution in [0.15, 0.2) is 29.1 Å². The second-order valence-electron chi connectivity index (χ2n) is 9.82. The number of amides is 1. The largest absolute Gasteiger partial charge is 0.388 e. The number of ether oxygens (including phenoxy) is 1. The maximum Gasteiger partial charge on any atom is 0.261 e. The van der Waals surface area contributed by atoms with Gasteiger partial charge in [0.15, 0.2) is 0 Å². The van der Waals surface area contributed by atoms with Gasteiger partial charge in [-0.3, -0.25) is 9.59 Å². The smallest absolute Gasteiger partial charge is 0.261 e. The molecule has 2 saturated heterocycles. The van der Waals surface area contributed by atoms with E-state index in [2.05, 4.69) is 9.88 Å². The van der Waals surface area contributed by atoms with E-state index in [-0.39, 0.29) is 23.1 Å². The SMILES string of the molecule is CC(C)N(CC1CCN(CC2(O)CCOCC2)CC1)C(=O)c1cc2c(Cl)cccc2[nH]c1=O. The molecule has 2 N–H and O–H groups in total. The van der Waals surface area contributed by atoms with Crippen LogP contribution in [0.25, 0.3) is 10.9 Å². The Kier molecular flexibility index (Phi) is 7.43. The highest BCUT2D eigenvalue weighted by atomic mass is 35.5. The monoisotopic (exact) mass is 475 g/mol. The van der Waals surface area contributed by atoms with Crippen LogP contribution in [0.1, 0.15) is 49.9 Å². The third-order valence-corrected chi connectivity index (χ3v) is 7.38. The van der Waals surface area contributed by atoms with Gasteiger partial charge in [0.2, 0.25) is 0 Å². The zero-order chi connectivity index (χ0) is 23.6. The van der Waals surface area contributed by atoms with Crippen molar-refractivity contribution in [2.24, 2.45) is 5.92 Å². The molecule has 2 aliphatic heterocycles. The summed E-state index contributed by atoms with van der Waals surface area (Å²) in [5, 5.41) is 12.0. The number of nitrogens with zero attached hydrogens (tertiary/aromatic N) is 2. The first kappa shape index (κ1) is 24.2. The topological polar surface area (TPSA) is 85.9 Å². The maximum absolute atomic E-state index is 13.4. The van der Waals surface area contributed by atoms with Crippen molar-refractivity contribution in [1.82, 2.24) is 14.8 Å². The van der Waals surface area contributed by atoms with Crippen molar-refractivity contribution in [3.05, 3.63) is 45.2 Å². The van der Waals surface area contributed by atoms with Crippen molar-refractivity contribution in [2.45, 2.75) is 51.2 Å². The minimum atomic E-state index is -0.649. The van der Waals surface area contributed by atoms with E-state index in [1.807, 2.05) is 13.8 Å². The van der Waals surface area contributed by atoms with E-state index in [1.54, 1.807) is 29.2 Å². The molecule has 33 heavy (non-hydrogen) atoms. The van der Waals surface area contributed by atoms with Gasteiger partial charge >= 0.3 is 0 Å². The molecule has 1 amide bonds. The molecule has 1 aromatic carbocycles. The lowest BCUT2D eigenvalue weighted by Gasteiger charge is -2.41. The van der Waals surface area contributed by atoms with E-state index in [0.717, 1.165) is 25.9 Å². The van der Waals surface area contributed by atoms with E-state index < -0.39 is 5.60 Å². The summed E-state index contributed by atoms with van der Waals surface area (Å²) < 4.78 is 5.39. The van der Waals surface area contributed by atoms with Crippen LogP contribution in [0.5, 0.6) is 0 Å². The highest BCUT2D eigenvalue weighted by molar-refractivity contribution is 6.35. The van der Waals surface area contributed by atoms with Crippen molar-refractivity contribution >= 4 is 28.4 Å². The molecule has 0 unspecified atom stereocenters. The first-order chi connectivity index (χ1) is 15.8. The molecule has 7 nitrogen and oxygen atoms in total. The predicted octanol–water partition coefficient (Wildman–Crippen LogP) is 3.29. The summed E-state index contributed by atoms with van der Waals surface area (Å²) in [5.74, 6) is 0.104. The van der Waals surface area contributed by atoms with Gasteiger partial charge in [-0.15, -0.1) is 0 Å². The van der Waals surface area contributed by atoms with Crippen LogP contribution < -0.4 is 5.56 Å². The third kappa shape index (κ3) is 5.60. The van der Waals surface area contributed by atoms with Crippen molar-refractivity contribution < 1.29 is 14.6 Å². The van der Waals surface area contributed by atoms with E-state index in [4.69, 9.17) is 16.3 Å². The number of H-pyrrole nitrogens is 1. The average molecular weight is 476 g/mol. The standard InChI is InChI=1S/C25H34ClN3O4/c1-17(2)29(24(31)20-14-19-21(26)4-3-5-22(19)27-23(20)30)15-18-6-10-28(11-7-18)16-25(32)8-12-33-13-9-25/h3-5,14,17-18,32H,6-13,15-16H2,1-2H3,(H,27,30). The fourth-order valence-electron chi connectivity index (χ4n) is 4.97. The molecular formula is C25H34ClN3O4. The van der Waals surface area contributed by atoms with Crippen molar-refractivity contribution in [3.63, 3.8) is 0 Å². The summed E-state index contributed by atoms with van der Waals surface area (Å²) in [4.78, 5) is 33.0. The zero-order valence-electron chi connectivity index (χ0n) is 19.5. The number of benzene rings is 1. The molecule has 0 spiro atoms. The molecule has 1 aromatic heterocycles. The second-order valence-corrected chi connectivity index (χ2v) is 10.2. The summed E-state index contributed by atoms with van der Waals surface area (Å²) in [6, 6.07) is 6.89. The number of hydrogen-bond donors (Lipinski definition) is 2. The van der Waals surface area contributed by atoms with Crippen LogP contribution >= 0.6 is 11.6 Å². The summed E-state index contributed by atoms with van der Waals surface area (Å²) in [7, 11) is 0. The lowest BCUT2D eigenvalue weighted by Crippen LogP contribution is -2.50. The minimum Gasteiger partial charge on any atom is -0.388 e. The Morgan fingerprint density at radius 3 is 2.67 bits per heavy atom. The van der Waals surface area contributed by atoms with Gasteiger partial charge in [0, 0.05) is 61.1 Å². The van der Waals surface area contributed by atoms with Gasteiger partial charge < -0.3 is 24.6 Å². The van der Waals surface area contributed by atoms with Crippen molar-refractivity contribution in [3.8, 4) is 0 Å². The van der Waals surface area contributed by atoms with Gasteiger partial charge in [-0.2, -0.15) is 0 Å². The van der Waals surface area contributed by atoms with E-state index in [1.165, 1.54) is 0 Å². The number of carbonyl (C=O) groups is 1. The number of nitrogens with one attached hydrogen (secondary N) is 1. The van der Waals surface area contributed by atoms with Crippen LogP contribution in [-0.4, -0.2) is 76.8 Å². The van der Waals surface area contributed by atoms with Crippen molar-refractivity contribution in [2.75, 3.05) is 39.4 Å². The lowest BCUT2D eigenvalue weighted by atomic mass is 9.90. The quantitative estimate of drug-likeness (QED) is 0.669. The molecule has 0 saturated carbocycles. The molecule has 2 aromatic rings. The number of β-amino-alcohol motifs (C(OH)–C–C–N with tert-alkyl or cyclic N) is 1. The number of aliphatic hydroxyl groups is 1. The zero-order valence-corrected chi connectivity index (χ0v) is 20.2.